The molecule has 0 aromatic carbocycles. The summed E-state index contributed by atoms with van der Waals surface area (Å²) in [6.45, 7) is 6.28. The Labute approximate surface area is 84.1 Å². The third-order valence-electron chi connectivity index (χ3n) is 2.28. The molecule has 0 aliphatic rings. The summed E-state index contributed by atoms with van der Waals surface area (Å²) >= 11 is 5.94. The molecule has 4 heteroatoms. The molecular weight excluding hydrogens is 186 g/mol. The zero-order valence-electron chi connectivity index (χ0n) is 8.42. The Morgan fingerprint density at radius 3 is 2.46 bits per heavy atom. The Balaban J connectivity index is 2.89. The van der Waals surface area contributed by atoms with Gasteiger partial charge in [0, 0.05) is 6.04 Å². The van der Waals surface area contributed by atoms with E-state index in [1.807, 2.05) is 11.5 Å². The smallest absolute Gasteiger partial charge is 0.225 e. The van der Waals surface area contributed by atoms with Crippen molar-refractivity contribution in [2.75, 3.05) is 0 Å². The summed E-state index contributed by atoms with van der Waals surface area (Å²) in [5, 5.41) is 8.31. The summed E-state index contributed by atoms with van der Waals surface area (Å²) in [4.78, 5) is 0. The minimum Gasteiger partial charge on any atom is -0.299 e. The fourth-order valence-corrected chi connectivity index (χ4v) is 1.91. The quantitative estimate of drug-likeness (QED) is 0.750. The Kier molecular flexibility index (Phi) is 3.72. The van der Waals surface area contributed by atoms with Crippen LogP contribution in [0.25, 0.3) is 0 Å². The summed E-state index contributed by atoms with van der Waals surface area (Å²) in [6, 6.07) is 0.451. The van der Waals surface area contributed by atoms with Gasteiger partial charge in [-0.2, -0.15) is 0 Å². The van der Waals surface area contributed by atoms with Gasteiger partial charge in [0.2, 0.25) is 5.28 Å². The van der Waals surface area contributed by atoms with E-state index in [0.29, 0.717) is 11.3 Å². The first-order chi connectivity index (χ1) is 6.20. The van der Waals surface area contributed by atoms with Crippen molar-refractivity contribution in [3.63, 3.8) is 0 Å². The summed E-state index contributed by atoms with van der Waals surface area (Å²) < 4.78 is 2.02. The number of nitrogens with zero attached hydrogens (tertiary/aromatic N) is 3. The van der Waals surface area contributed by atoms with Crippen LogP contribution in [-0.4, -0.2) is 14.8 Å². The molecule has 0 aliphatic heterocycles. The monoisotopic (exact) mass is 201 g/mol. The zero-order chi connectivity index (χ0) is 9.84. The van der Waals surface area contributed by atoms with Crippen molar-refractivity contribution in [1.29, 1.82) is 0 Å². The molecule has 0 radical (unpaired) electrons. The molecular formula is C9H16ClN3. The highest BCUT2D eigenvalue weighted by molar-refractivity contribution is 6.28. The largest absolute Gasteiger partial charge is 0.299 e. The molecule has 0 saturated heterocycles. The normalized spacial score (nSPS) is 13.2. The first-order valence-electron chi connectivity index (χ1n) is 4.77. The van der Waals surface area contributed by atoms with Gasteiger partial charge < -0.3 is 0 Å². The van der Waals surface area contributed by atoms with Crippen LogP contribution in [-0.2, 0) is 0 Å². The molecule has 74 valence electrons. The minimum absolute atomic E-state index is 0.451. The molecule has 1 aromatic rings. The van der Waals surface area contributed by atoms with Gasteiger partial charge in [-0.1, -0.05) is 20.3 Å². The molecule has 13 heavy (non-hydrogen) atoms. The van der Waals surface area contributed by atoms with E-state index in [1.54, 1.807) is 0 Å². The van der Waals surface area contributed by atoms with Gasteiger partial charge in [0.05, 0.1) is 0 Å². The van der Waals surface area contributed by atoms with Gasteiger partial charge in [-0.25, -0.2) is 0 Å². The Bertz CT molecular complexity index is 250. The van der Waals surface area contributed by atoms with Crippen LogP contribution in [0, 0.1) is 6.92 Å². The van der Waals surface area contributed by atoms with E-state index in [0.717, 1.165) is 25.1 Å². The van der Waals surface area contributed by atoms with Crippen molar-refractivity contribution in [2.24, 2.45) is 0 Å². The second-order valence-electron chi connectivity index (χ2n) is 3.24. The zero-order valence-corrected chi connectivity index (χ0v) is 9.17. The van der Waals surface area contributed by atoms with Crippen molar-refractivity contribution in [3.8, 4) is 0 Å². The molecule has 1 rings (SSSR count). The Morgan fingerprint density at radius 1 is 1.38 bits per heavy atom. The Hall–Kier alpha value is -0.570. The van der Waals surface area contributed by atoms with Gasteiger partial charge in [-0.3, -0.25) is 4.57 Å². The van der Waals surface area contributed by atoms with Gasteiger partial charge in [0.25, 0.3) is 0 Å². The van der Waals surface area contributed by atoms with E-state index < -0.39 is 0 Å². The molecule has 1 atom stereocenters. The fourth-order valence-electron chi connectivity index (χ4n) is 1.61. The number of hydrogen-bond donors (Lipinski definition) is 0. The molecule has 0 saturated carbocycles. The lowest BCUT2D eigenvalue weighted by molar-refractivity contribution is 0.439. The Morgan fingerprint density at radius 2 is 2.08 bits per heavy atom. The summed E-state index contributed by atoms with van der Waals surface area (Å²) in [5.41, 5.74) is 0. The van der Waals surface area contributed by atoms with Gasteiger partial charge in [0.1, 0.15) is 5.82 Å². The van der Waals surface area contributed by atoms with Gasteiger partial charge >= 0.3 is 0 Å². The van der Waals surface area contributed by atoms with Crippen molar-refractivity contribution < 1.29 is 0 Å². The van der Waals surface area contributed by atoms with Crippen molar-refractivity contribution in [1.82, 2.24) is 14.8 Å². The number of aryl methyl sites for hydroxylation is 1. The number of rotatable bonds is 4. The highest BCUT2D eigenvalue weighted by atomic mass is 35.5. The summed E-state index contributed by atoms with van der Waals surface area (Å²) in [5.74, 6) is 0.908. The van der Waals surface area contributed by atoms with Crippen LogP contribution < -0.4 is 0 Å². The molecule has 0 spiro atoms. The number of halogens is 1. The second kappa shape index (κ2) is 4.61. The van der Waals surface area contributed by atoms with Crippen LogP contribution in [0.3, 0.4) is 0 Å². The SMILES string of the molecule is CCCC(CC)n1c(C)nnc1Cl. The molecule has 3 nitrogen and oxygen atoms in total. The van der Waals surface area contributed by atoms with Crippen LogP contribution in [0.2, 0.25) is 5.28 Å². The van der Waals surface area contributed by atoms with E-state index in [-0.39, 0.29) is 0 Å². The van der Waals surface area contributed by atoms with E-state index in [9.17, 15) is 0 Å². The van der Waals surface area contributed by atoms with Crippen molar-refractivity contribution in [3.05, 3.63) is 11.1 Å². The third kappa shape index (κ3) is 2.21. The van der Waals surface area contributed by atoms with Crippen LogP contribution in [0.15, 0.2) is 0 Å². The molecule has 1 unspecified atom stereocenters. The lowest BCUT2D eigenvalue weighted by Crippen LogP contribution is -2.09. The number of aromatic nitrogens is 3. The first-order valence-corrected chi connectivity index (χ1v) is 5.15. The average Bonchev–Trinajstić information content (AvgIpc) is 2.43. The highest BCUT2D eigenvalue weighted by Crippen LogP contribution is 2.23. The fraction of sp³-hybridized carbons (Fsp3) is 0.778. The predicted octanol–water partition coefficient (Wildman–Crippen LogP) is 2.99. The second-order valence-corrected chi connectivity index (χ2v) is 3.58. The predicted molar refractivity (Wildman–Crippen MR) is 54.0 cm³/mol. The van der Waals surface area contributed by atoms with E-state index in [2.05, 4.69) is 24.0 Å². The van der Waals surface area contributed by atoms with Crippen molar-refractivity contribution >= 4 is 11.6 Å². The molecule has 0 fully saturated rings. The van der Waals surface area contributed by atoms with Gasteiger partial charge in [-0.05, 0) is 31.4 Å². The maximum Gasteiger partial charge on any atom is 0.225 e. The molecule has 0 amide bonds. The van der Waals surface area contributed by atoms with Crippen LogP contribution >= 0.6 is 11.6 Å². The standard InChI is InChI=1S/C9H16ClN3/c1-4-6-8(5-2)13-7(3)11-12-9(13)10/h8H,4-6H2,1-3H3. The molecule has 0 aliphatic carbocycles. The number of hydrogen-bond acceptors (Lipinski definition) is 2. The maximum absolute atomic E-state index is 5.94. The van der Waals surface area contributed by atoms with E-state index in [4.69, 9.17) is 11.6 Å². The lowest BCUT2D eigenvalue weighted by atomic mass is 10.1. The lowest BCUT2D eigenvalue weighted by Gasteiger charge is -2.17. The van der Waals surface area contributed by atoms with E-state index in [1.165, 1.54) is 0 Å². The molecule has 0 bridgehead atoms. The van der Waals surface area contributed by atoms with Crippen LogP contribution in [0.1, 0.15) is 45.0 Å². The third-order valence-corrected chi connectivity index (χ3v) is 2.54. The minimum atomic E-state index is 0.451. The highest BCUT2D eigenvalue weighted by Gasteiger charge is 2.14. The maximum atomic E-state index is 5.94. The van der Waals surface area contributed by atoms with E-state index >= 15 is 0 Å². The van der Waals surface area contributed by atoms with Crippen LogP contribution in [0.4, 0.5) is 0 Å². The average molecular weight is 202 g/mol. The summed E-state index contributed by atoms with van der Waals surface area (Å²) in [6.07, 6.45) is 3.37. The van der Waals surface area contributed by atoms with Crippen molar-refractivity contribution in [2.45, 2.75) is 46.1 Å². The van der Waals surface area contributed by atoms with Gasteiger partial charge in [0.15, 0.2) is 0 Å². The first kappa shape index (κ1) is 10.5. The van der Waals surface area contributed by atoms with Gasteiger partial charge in [-0.15, -0.1) is 10.2 Å². The molecule has 0 N–H and O–H groups in total. The molecule has 1 aromatic heterocycles. The topological polar surface area (TPSA) is 30.7 Å². The molecule has 1 heterocycles. The van der Waals surface area contributed by atoms with Crippen LogP contribution in [0.5, 0.6) is 0 Å². The summed E-state index contributed by atoms with van der Waals surface area (Å²) in [7, 11) is 0.